The van der Waals surface area contributed by atoms with Gasteiger partial charge in [-0.2, -0.15) is 0 Å². The van der Waals surface area contributed by atoms with Crippen molar-refractivity contribution in [2.24, 2.45) is 5.41 Å². The molecule has 2 saturated heterocycles. The van der Waals surface area contributed by atoms with Crippen LogP contribution in [0.4, 0.5) is 0 Å². The van der Waals surface area contributed by atoms with E-state index in [0.29, 0.717) is 5.92 Å². The number of nitrogens with zero attached hydrogens (tertiary/aromatic N) is 3. The fraction of sp³-hybridized carbons (Fsp3) is 0.591. The molecule has 2 aromatic rings. The van der Waals surface area contributed by atoms with Crippen LogP contribution in [0.1, 0.15) is 50.2 Å². The summed E-state index contributed by atoms with van der Waals surface area (Å²) >= 11 is 0. The first-order valence-electron chi connectivity index (χ1n) is 10.6. The number of rotatable bonds is 5. The van der Waals surface area contributed by atoms with Gasteiger partial charge < -0.3 is 4.90 Å². The van der Waals surface area contributed by atoms with Crippen molar-refractivity contribution < 1.29 is 14.0 Å². The lowest BCUT2D eigenvalue weighted by Gasteiger charge is -2.40. The average molecular weight is 400 g/mol. The van der Waals surface area contributed by atoms with E-state index >= 15 is 0 Å². The number of aromatic amines is 1. The molecule has 7 nitrogen and oxygen atoms in total. The van der Waals surface area contributed by atoms with Gasteiger partial charge in [-0.05, 0) is 48.1 Å². The van der Waals surface area contributed by atoms with Crippen molar-refractivity contribution in [1.29, 1.82) is 0 Å². The molecule has 29 heavy (non-hydrogen) atoms. The van der Waals surface area contributed by atoms with Crippen molar-refractivity contribution in [2.45, 2.75) is 52.1 Å². The van der Waals surface area contributed by atoms with Gasteiger partial charge in [0.1, 0.15) is 0 Å². The lowest BCUT2D eigenvalue weighted by molar-refractivity contribution is -0.751. The number of hydrogen-bond donors (Lipinski definition) is 1. The first-order chi connectivity index (χ1) is 13.9. The SMILES string of the molecule is CC(C)c1ccc(CN2CCC[C@]3(CCN(C(=O)C[n+]4cc(=O)o[nH]4)C3)C2)cc1. The summed E-state index contributed by atoms with van der Waals surface area (Å²) in [7, 11) is 0. The van der Waals surface area contributed by atoms with Crippen LogP contribution in [-0.2, 0) is 17.9 Å². The van der Waals surface area contributed by atoms with Crippen LogP contribution in [0.2, 0.25) is 0 Å². The number of nitrogens with one attached hydrogen (secondary N) is 1. The third-order valence-electron chi connectivity index (χ3n) is 6.41. The number of amides is 1. The van der Waals surface area contributed by atoms with Crippen molar-refractivity contribution in [3.05, 3.63) is 52.0 Å². The van der Waals surface area contributed by atoms with E-state index in [9.17, 15) is 9.59 Å². The van der Waals surface area contributed by atoms with Gasteiger partial charge in [-0.15, -0.1) is 0 Å². The number of aromatic nitrogens is 2. The fourth-order valence-electron chi connectivity index (χ4n) is 4.80. The number of piperidine rings is 1. The summed E-state index contributed by atoms with van der Waals surface area (Å²) in [4.78, 5) is 28.3. The first-order valence-corrected chi connectivity index (χ1v) is 10.6. The van der Waals surface area contributed by atoms with E-state index in [1.54, 1.807) is 0 Å². The molecule has 1 aromatic carbocycles. The van der Waals surface area contributed by atoms with E-state index in [0.717, 1.165) is 39.1 Å². The first kappa shape index (κ1) is 19.9. The lowest BCUT2D eigenvalue weighted by Crippen LogP contribution is -2.48. The van der Waals surface area contributed by atoms with Crippen LogP contribution in [-0.4, -0.2) is 47.2 Å². The second-order valence-electron chi connectivity index (χ2n) is 9.05. The molecule has 7 heteroatoms. The van der Waals surface area contributed by atoms with Gasteiger partial charge in [0.25, 0.3) is 18.6 Å². The van der Waals surface area contributed by atoms with Gasteiger partial charge in [0.05, 0.1) is 0 Å². The van der Waals surface area contributed by atoms with Crippen molar-refractivity contribution in [2.75, 3.05) is 26.2 Å². The van der Waals surface area contributed by atoms with Crippen molar-refractivity contribution >= 4 is 5.91 Å². The maximum Gasteiger partial charge on any atom is 0.426 e. The smallest absolute Gasteiger partial charge is 0.337 e. The zero-order valence-corrected chi connectivity index (χ0v) is 17.4. The number of carbonyl (C=O) groups excluding carboxylic acids is 1. The zero-order chi connectivity index (χ0) is 20.4. The fourth-order valence-corrected chi connectivity index (χ4v) is 4.80. The molecule has 156 valence electrons. The van der Waals surface area contributed by atoms with Gasteiger partial charge in [0.2, 0.25) is 0 Å². The van der Waals surface area contributed by atoms with Crippen molar-refractivity contribution in [1.82, 2.24) is 15.1 Å². The predicted molar refractivity (Wildman–Crippen MR) is 108 cm³/mol. The summed E-state index contributed by atoms with van der Waals surface area (Å²) in [6.45, 7) is 9.29. The van der Waals surface area contributed by atoms with E-state index in [-0.39, 0.29) is 17.9 Å². The van der Waals surface area contributed by atoms with Gasteiger partial charge in [-0.1, -0.05) is 42.8 Å². The van der Waals surface area contributed by atoms with Crippen LogP contribution in [0, 0.1) is 5.41 Å². The highest BCUT2D eigenvalue weighted by Gasteiger charge is 2.43. The van der Waals surface area contributed by atoms with Gasteiger partial charge in [0, 0.05) is 31.6 Å². The molecule has 0 radical (unpaired) electrons. The minimum absolute atomic E-state index is 0.0327. The van der Waals surface area contributed by atoms with E-state index < -0.39 is 5.63 Å². The molecule has 4 rings (SSSR count). The number of carbonyl (C=O) groups is 1. The van der Waals surface area contributed by atoms with Crippen LogP contribution in [0.15, 0.2) is 39.8 Å². The minimum atomic E-state index is -0.472. The molecule has 1 aromatic heterocycles. The summed E-state index contributed by atoms with van der Waals surface area (Å²) in [5.74, 6) is 0.590. The highest BCUT2D eigenvalue weighted by molar-refractivity contribution is 5.75. The summed E-state index contributed by atoms with van der Waals surface area (Å²) in [6.07, 6.45) is 4.68. The third-order valence-corrected chi connectivity index (χ3v) is 6.41. The Morgan fingerprint density at radius 2 is 2.00 bits per heavy atom. The van der Waals surface area contributed by atoms with Crippen LogP contribution in [0.5, 0.6) is 0 Å². The molecule has 3 heterocycles. The van der Waals surface area contributed by atoms with Crippen LogP contribution < -0.4 is 10.3 Å². The molecule has 0 saturated carbocycles. The topological polar surface area (TPSA) is 73.4 Å². The second kappa shape index (κ2) is 8.14. The normalized spacial score (nSPS) is 22.7. The summed E-state index contributed by atoms with van der Waals surface area (Å²) in [5.41, 5.74) is 2.46. The Morgan fingerprint density at radius 3 is 2.69 bits per heavy atom. The van der Waals surface area contributed by atoms with Gasteiger partial charge >= 0.3 is 5.63 Å². The van der Waals surface area contributed by atoms with E-state index in [4.69, 9.17) is 0 Å². The Kier molecular flexibility index (Phi) is 5.58. The number of H-pyrrole nitrogens is 1. The number of likely N-dealkylation sites (tertiary alicyclic amines) is 2. The molecule has 0 unspecified atom stereocenters. The third kappa shape index (κ3) is 4.61. The lowest BCUT2D eigenvalue weighted by atomic mass is 9.79. The standard InChI is InChI=1S/C22H30N4O3/c1-17(2)19-6-4-18(5-7-19)12-24-10-3-8-22(15-24)9-11-25(16-22)20(27)13-26-14-21(28)29-23-26/h4-7,14,17H,3,8-13,15-16H2,1-2H3/p+1/t22-/m0/s1. The highest BCUT2D eigenvalue weighted by Crippen LogP contribution is 2.39. The summed E-state index contributed by atoms with van der Waals surface area (Å²) < 4.78 is 6.04. The highest BCUT2D eigenvalue weighted by atomic mass is 16.5. The monoisotopic (exact) mass is 399 g/mol. The largest absolute Gasteiger partial charge is 0.426 e. The maximum atomic E-state index is 12.6. The number of hydrogen-bond acceptors (Lipinski definition) is 4. The van der Waals surface area contributed by atoms with E-state index in [1.165, 1.54) is 34.8 Å². The molecule has 2 aliphatic rings. The Labute approximate surface area is 171 Å². The quantitative estimate of drug-likeness (QED) is 0.780. The molecule has 0 aliphatic carbocycles. The number of benzene rings is 1. The van der Waals surface area contributed by atoms with Gasteiger partial charge in [0.15, 0.2) is 0 Å². The van der Waals surface area contributed by atoms with Crippen molar-refractivity contribution in [3.8, 4) is 0 Å². The van der Waals surface area contributed by atoms with Crippen molar-refractivity contribution in [3.63, 3.8) is 0 Å². The maximum absolute atomic E-state index is 12.6. The van der Waals surface area contributed by atoms with Crippen LogP contribution in [0.3, 0.4) is 0 Å². The molecule has 1 N–H and O–H groups in total. The average Bonchev–Trinajstić information content (AvgIpc) is 3.29. The molecular weight excluding hydrogens is 368 g/mol. The molecule has 2 fully saturated rings. The molecular formula is C22H31N4O3+. The second-order valence-corrected chi connectivity index (χ2v) is 9.05. The van der Waals surface area contributed by atoms with Crippen LogP contribution >= 0.6 is 0 Å². The van der Waals surface area contributed by atoms with Gasteiger partial charge in [-0.3, -0.25) is 14.2 Å². The summed E-state index contributed by atoms with van der Waals surface area (Å²) in [6, 6.07) is 9.00. The Hall–Kier alpha value is -2.41. The molecule has 1 amide bonds. The molecule has 1 atom stereocenters. The molecule has 1 spiro atoms. The van der Waals surface area contributed by atoms with E-state index in [1.807, 2.05) is 4.90 Å². The zero-order valence-electron chi connectivity index (χ0n) is 17.4. The Morgan fingerprint density at radius 1 is 1.21 bits per heavy atom. The minimum Gasteiger partial charge on any atom is -0.337 e. The Balaban J connectivity index is 1.35. The van der Waals surface area contributed by atoms with Gasteiger partial charge in [-0.25, -0.2) is 4.79 Å². The molecule has 2 aliphatic heterocycles. The van der Waals surface area contributed by atoms with E-state index in [2.05, 4.69) is 52.8 Å². The predicted octanol–water partition coefficient (Wildman–Crippen LogP) is 1.89. The summed E-state index contributed by atoms with van der Waals surface area (Å²) in [5, 5.41) is 2.45. The Bertz CT molecular complexity index is 901. The molecule has 0 bridgehead atoms. The van der Waals surface area contributed by atoms with Crippen LogP contribution in [0.25, 0.3) is 0 Å².